The van der Waals surface area contributed by atoms with Crippen molar-refractivity contribution in [1.82, 2.24) is 14.8 Å². The maximum atomic E-state index is 12.2. The summed E-state index contributed by atoms with van der Waals surface area (Å²) in [7, 11) is 4.12. The van der Waals surface area contributed by atoms with Crippen LogP contribution in [0.4, 0.5) is 5.69 Å². The van der Waals surface area contributed by atoms with E-state index in [0.717, 1.165) is 24.3 Å². The fourth-order valence-corrected chi connectivity index (χ4v) is 2.90. The third-order valence-corrected chi connectivity index (χ3v) is 4.29. The monoisotopic (exact) mass is 366 g/mol. The standard InChI is InChI=1S/C20H22N4OS/c1-23(2)12-13-24-11-10-15-8-9-17(14-18(15)24)21-20(26)22-19(25)16-6-4-3-5-7-16/h3-11,14H,12-13H2,1-2H3,(H2,21,22,25,26). The minimum absolute atomic E-state index is 0.224. The first-order valence-corrected chi connectivity index (χ1v) is 8.85. The Balaban J connectivity index is 1.69. The van der Waals surface area contributed by atoms with Gasteiger partial charge in [0.25, 0.3) is 5.91 Å². The third-order valence-electron chi connectivity index (χ3n) is 4.08. The van der Waals surface area contributed by atoms with Crippen LogP contribution in [0.15, 0.2) is 60.8 Å². The molecule has 0 saturated carbocycles. The molecule has 0 unspecified atom stereocenters. The lowest BCUT2D eigenvalue weighted by Gasteiger charge is -2.13. The van der Waals surface area contributed by atoms with Gasteiger partial charge in [0.05, 0.1) is 5.52 Å². The van der Waals surface area contributed by atoms with Crippen molar-refractivity contribution in [2.24, 2.45) is 0 Å². The van der Waals surface area contributed by atoms with E-state index < -0.39 is 0 Å². The molecule has 0 radical (unpaired) electrons. The van der Waals surface area contributed by atoms with Gasteiger partial charge in [-0.05, 0) is 62.0 Å². The van der Waals surface area contributed by atoms with Gasteiger partial charge in [-0.2, -0.15) is 0 Å². The molecule has 3 aromatic rings. The molecule has 134 valence electrons. The number of rotatable bonds is 5. The molecule has 1 heterocycles. The van der Waals surface area contributed by atoms with Gasteiger partial charge in [0, 0.05) is 30.5 Å². The quantitative estimate of drug-likeness (QED) is 0.680. The summed E-state index contributed by atoms with van der Waals surface area (Å²) in [6.07, 6.45) is 2.09. The predicted molar refractivity (Wildman–Crippen MR) is 111 cm³/mol. The van der Waals surface area contributed by atoms with Crippen LogP contribution in [-0.4, -0.2) is 41.1 Å². The second-order valence-electron chi connectivity index (χ2n) is 6.36. The summed E-state index contributed by atoms with van der Waals surface area (Å²) in [5.41, 5.74) is 2.55. The molecule has 6 heteroatoms. The summed E-state index contributed by atoms with van der Waals surface area (Å²) in [6, 6.07) is 17.2. The van der Waals surface area contributed by atoms with Gasteiger partial charge in [-0.3, -0.25) is 10.1 Å². The number of nitrogens with zero attached hydrogens (tertiary/aromatic N) is 2. The maximum Gasteiger partial charge on any atom is 0.257 e. The van der Waals surface area contributed by atoms with Crippen LogP contribution in [0.25, 0.3) is 10.9 Å². The number of aromatic nitrogens is 1. The summed E-state index contributed by atoms with van der Waals surface area (Å²) >= 11 is 5.28. The number of thiocarbonyl (C=S) groups is 1. The lowest BCUT2D eigenvalue weighted by molar-refractivity contribution is 0.0977. The Kier molecular flexibility index (Phi) is 5.65. The summed E-state index contributed by atoms with van der Waals surface area (Å²) in [6.45, 7) is 1.88. The average Bonchev–Trinajstić information content (AvgIpc) is 3.03. The van der Waals surface area contributed by atoms with E-state index in [0.29, 0.717) is 5.56 Å². The van der Waals surface area contributed by atoms with E-state index in [4.69, 9.17) is 12.2 Å². The molecule has 0 aliphatic carbocycles. The Bertz CT molecular complexity index is 918. The third kappa shape index (κ3) is 4.47. The Labute approximate surface area is 158 Å². The Hall–Kier alpha value is -2.70. The first-order valence-electron chi connectivity index (χ1n) is 8.44. The summed E-state index contributed by atoms with van der Waals surface area (Å²) in [5, 5.41) is 7.26. The first kappa shape index (κ1) is 18.1. The molecule has 0 aliphatic heterocycles. The normalized spacial score (nSPS) is 10.9. The van der Waals surface area contributed by atoms with Crippen molar-refractivity contribution in [2.75, 3.05) is 26.0 Å². The molecule has 5 nitrogen and oxygen atoms in total. The minimum Gasteiger partial charge on any atom is -0.346 e. The number of carbonyl (C=O) groups excluding carboxylic acids is 1. The smallest absolute Gasteiger partial charge is 0.257 e. The van der Waals surface area contributed by atoms with Crippen LogP contribution < -0.4 is 10.6 Å². The predicted octanol–water partition coefficient (Wildman–Crippen LogP) is 3.33. The lowest BCUT2D eigenvalue weighted by atomic mass is 10.2. The fraction of sp³-hybridized carbons (Fsp3) is 0.200. The van der Waals surface area contributed by atoms with Crippen LogP contribution in [0.3, 0.4) is 0 Å². The molecule has 0 fully saturated rings. The highest BCUT2D eigenvalue weighted by atomic mass is 32.1. The number of amides is 1. The van der Waals surface area contributed by atoms with Crippen LogP contribution >= 0.6 is 12.2 Å². The van der Waals surface area contributed by atoms with E-state index >= 15 is 0 Å². The first-order chi connectivity index (χ1) is 12.5. The highest BCUT2D eigenvalue weighted by Gasteiger charge is 2.08. The van der Waals surface area contributed by atoms with Crippen LogP contribution in [0, 0.1) is 0 Å². The van der Waals surface area contributed by atoms with Crippen molar-refractivity contribution in [2.45, 2.75) is 6.54 Å². The molecule has 2 aromatic carbocycles. The highest BCUT2D eigenvalue weighted by molar-refractivity contribution is 7.80. The van der Waals surface area contributed by atoms with E-state index in [1.54, 1.807) is 12.1 Å². The molecule has 0 spiro atoms. The summed E-state index contributed by atoms with van der Waals surface area (Å²) in [4.78, 5) is 14.3. The zero-order valence-corrected chi connectivity index (χ0v) is 15.7. The van der Waals surface area contributed by atoms with Crippen LogP contribution in [0.5, 0.6) is 0 Å². The van der Waals surface area contributed by atoms with Crippen LogP contribution in [0.1, 0.15) is 10.4 Å². The van der Waals surface area contributed by atoms with Crippen LogP contribution in [0.2, 0.25) is 0 Å². The molecular weight excluding hydrogens is 344 g/mol. The van der Waals surface area contributed by atoms with Gasteiger partial charge in [-0.1, -0.05) is 24.3 Å². The molecule has 3 rings (SSSR count). The topological polar surface area (TPSA) is 49.3 Å². The van der Waals surface area contributed by atoms with Gasteiger partial charge >= 0.3 is 0 Å². The number of fused-ring (bicyclic) bond motifs is 1. The molecule has 0 aliphatic rings. The molecule has 0 bridgehead atoms. The van der Waals surface area contributed by atoms with Crippen molar-refractivity contribution in [3.63, 3.8) is 0 Å². The average molecular weight is 366 g/mol. The molecular formula is C20H22N4OS. The number of hydrogen-bond acceptors (Lipinski definition) is 3. The maximum absolute atomic E-state index is 12.2. The van der Waals surface area contributed by atoms with Gasteiger partial charge in [-0.25, -0.2) is 0 Å². The van der Waals surface area contributed by atoms with Gasteiger partial charge in [0.2, 0.25) is 0 Å². The Morgan fingerprint density at radius 1 is 1.12 bits per heavy atom. The molecule has 1 aromatic heterocycles. The summed E-state index contributed by atoms with van der Waals surface area (Å²) < 4.78 is 2.21. The highest BCUT2D eigenvalue weighted by Crippen LogP contribution is 2.20. The van der Waals surface area contributed by atoms with Crippen molar-refractivity contribution in [1.29, 1.82) is 0 Å². The molecule has 2 N–H and O–H groups in total. The lowest BCUT2D eigenvalue weighted by Crippen LogP contribution is -2.34. The fourth-order valence-electron chi connectivity index (χ4n) is 2.69. The zero-order valence-electron chi connectivity index (χ0n) is 14.9. The van der Waals surface area contributed by atoms with E-state index in [2.05, 4.69) is 46.5 Å². The van der Waals surface area contributed by atoms with Crippen LogP contribution in [-0.2, 0) is 6.54 Å². The van der Waals surface area contributed by atoms with E-state index in [1.807, 2.05) is 36.4 Å². The van der Waals surface area contributed by atoms with Crippen molar-refractivity contribution < 1.29 is 4.79 Å². The Morgan fingerprint density at radius 3 is 2.62 bits per heavy atom. The molecule has 1 amide bonds. The number of likely N-dealkylation sites (N-methyl/N-ethyl adjacent to an activating group) is 1. The van der Waals surface area contributed by atoms with E-state index in [1.165, 1.54) is 5.39 Å². The number of nitrogens with one attached hydrogen (secondary N) is 2. The number of benzene rings is 2. The van der Waals surface area contributed by atoms with Crippen molar-refractivity contribution >= 4 is 39.8 Å². The minimum atomic E-state index is -0.224. The largest absolute Gasteiger partial charge is 0.346 e. The SMILES string of the molecule is CN(C)CCn1ccc2ccc(NC(=S)NC(=O)c3ccccc3)cc21. The van der Waals surface area contributed by atoms with Gasteiger partial charge in [-0.15, -0.1) is 0 Å². The van der Waals surface area contributed by atoms with Crippen molar-refractivity contribution in [3.05, 3.63) is 66.4 Å². The zero-order chi connectivity index (χ0) is 18.5. The number of anilines is 1. The second-order valence-corrected chi connectivity index (χ2v) is 6.77. The summed E-state index contributed by atoms with van der Waals surface area (Å²) in [5.74, 6) is -0.224. The van der Waals surface area contributed by atoms with Gasteiger partial charge < -0.3 is 14.8 Å². The number of hydrogen-bond donors (Lipinski definition) is 2. The van der Waals surface area contributed by atoms with Gasteiger partial charge in [0.15, 0.2) is 5.11 Å². The molecule has 0 saturated heterocycles. The molecule has 0 atom stereocenters. The second kappa shape index (κ2) is 8.12. The van der Waals surface area contributed by atoms with Gasteiger partial charge in [0.1, 0.15) is 0 Å². The Morgan fingerprint density at radius 2 is 1.88 bits per heavy atom. The number of carbonyl (C=O) groups is 1. The van der Waals surface area contributed by atoms with Crippen molar-refractivity contribution in [3.8, 4) is 0 Å². The van der Waals surface area contributed by atoms with E-state index in [9.17, 15) is 4.79 Å². The van der Waals surface area contributed by atoms with E-state index in [-0.39, 0.29) is 11.0 Å². The molecule has 26 heavy (non-hydrogen) atoms.